The third-order valence-electron chi connectivity index (χ3n) is 1.24. The van der Waals surface area contributed by atoms with Gasteiger partial charge in [-0.25, -0.2) is 4.98 Å². The summed E-state index contributed by atoms with van der Waals surface area (Å²) in [5, 5.41) is 0. The summed E-state index contributed by atoms with van der Waals surface area (Å²) in [6.07, 6.45) is 0. The Morgan fingerprint density at radius 3 is 2.80 bits per heavy atom. The summed E-state index contributed by atoms with van der Waals surface area (Å²) in [7, 11) is 0. The minimum absolute atomic E-state index is 0. The Hall–Kier alpha value is 0.915. The van der Waals surface area contributed by atoms with Gasteiger partial charge in [-0.05, 0) is 12.1 Å². The third kappa shape index (κ3) is 1.74. The fourth-order valence-electron chi connectivity index (χ4n) is 0.803. The molecule has 1 aromatic carbocycles. The summed E-state index contributed by atoms with van der Waals surface area (Å²) < 4.78 is 1.26. The first-order valence-corrected chi connectivity index (χ1v) is 3.63. The zero-order valence-corrected chi connectivity index (χ0v) is 11.5. The minimum atomic E-state index is 0. The number of hydrogen-bond acceptors (Lipinski definition) is 2. The number of benzene rings is 1. The van der Waals surface area contributed by atoms with Gasteiger partial charge in [0.15, 0.2) is 0 Å². The second-order valence-corrected chi connectivity index (χ2v) is 2.71. The van der Waals surface area contributed by atoms with Gasteiger partial charge in [-0.15, -0.1) is 11.3 Å². The van der Waals surface area contributed by atoms with Crippen LogP contribution in [-0.4, -0.2) is 63.2 Å². The van der Waals surface area contributed by atoms with Gasteiger partial charge in [-0.2, -0.15) is 0 Å². The summed E-state index contributed by atoms with van der Waals surface area (Å²) in [6.45, 7) is 0. The predicted molar refractivity (Wildman–Crippen MR) is 45.4 cm³/mol. The van der Waals surface area contributed by atoms with Crippen molar-refractivity contribution in [3.05, 3.63) is 29.8 Å². The summed E-state index contributed by atoms with van der Waals surface area (Å²) >= 11 is 1.68. The Labute approximate surface area is 112 Å². The normalized spacial score (nSPS) is 9.20. The van der Waals surface area contributed by atoms with Crippen LogP contribution in [0.1, 0.15) is 0 Å². The quantitative estimate of drug-likeness (QED) is 0.661. The molecule has 10 heavy (non-hydrogen) atoms. The number of hydrogen-bond donors (Lipinski definition) is 0. The molecule has 0 N–H and O–H groups in total. The molecule has 1 heterocycles. The van der Waals surface area contributed by atoms with Crippen molar-refractivity contribution in [3.8, 4) is 0 Å². The van der Waals surface area contributed by atoms with E-state index in [-0.39, 0.29) is 58.2 Å². The fourth-order valence-corrected chi connectivity index (χ4v) is 1.48. The van der Waals surface area contributed by atoms with E-state index in [0.29, 0.717) is 0 Å². The summed E-state index contributed by atoms with van der Waals surface area (Å²) in [6, 6.07) is 8.13. The van der Waals surface area contributed by atoms with E-state index in [9.17, 15) is 0 Å². The Balaban J connectivity index is 0.000000500. The van der Waals surface area contributed by atoms with Crippen molar-refractivity contribution in [3.63, 3.8) is 0 Å². The molecule has 1 nitrogen and oxygen atoms in total. The summed E-state index contributed by atoms with van der Waals surface area (Å²) in [4.78, 5) is 4.14. The van der Waals surface area contributed by atoms with Crippen LogP contribution in [-0.2, 0) is 0 Å². The molecule has 0 unspecified atom stereocenters. The monoisotopic (exact) mass is 220 g/mol. The molecule has 2 aromatic rings. The molecule has 1 radical (unpaired) electrons. The van der Waals surface area contributed by atoms with Crippen molar-refractivity contribution in [1.82, 2.24) is 4.98 Å². The molecule has 2 rings (SSSR count). The van der Waals surface area contributed by atoms with E-state index < -0.39 is 0 Å². The van der Waals surface area contributed by atoms with Crippen LogP contribution in [0.4, 0.5) is 0 Å². The zero-order chi connectivity index (χ0) is 6.10. The topological polar surface area (TPSA) is 12.9 Å². The molecule has 0 amide bonds. The molecule has 0 saturated heterocycles. The molecule has 0 spiro atoms. The molecule has 0 bridgehead atoms. The zero-order valence-electron chi connectivity index (χ0n) is 5.74. The average molecular weight is 221 g/mol. The van der Waals surface area contributed by atoms with Crippen molar-refractivity contribution < 1.29 is 0 Å². The molecule has 45 valence electrons. The molecule has 1 aromatic heterocycles. The number of rotatable bonds is 0. The van der Waals surface area contributed by atoms with E-state index in [4.69, 9.17) is 0 Å². The first-order chi connectivity index (χ1) is 4.47. The molecule has 0 saturated carbocycles. The van der Waals surface area contributed by atoms with Gasteiger partial charge >= 0.3 is 0 Å². The number of fused-ring (bicyclic) bond motifs is 1. The van der Waals surface area contributed by atoms with Crippen LogP contribution in [0, 0.1) is 0 Å². The van der Waals surface area contributed by atoms with Gasteiger partial charge < -0.3 is 0 Å². The number of para-hydroxylation sites is 1. The molecular weight excluding hydrogens is 216 g/mol. The Bertz CT molecular complexity index is 288. The van der Waals surface area contributed by atoms with Crippen LogP contribution in [0.3, 0.4) is 0 Å². The molecule has 0 fully saturated rings. The molecule has 3 heteroatoms. The van der Waals surface area contributed by atoms with E-state index in [1.54, 1.807) is 11.3 Å². The third-order valence-corrected chi connectivity index (χ3v) is 2.05. The van der Waals surface area contributed by atoms with E-state index in [1.165, 1.54) is 4.70 Å². The van der Waals surface area contributed by atoms with Crippen LogP contribution in [0.2, 0.25) is 0 Å². The van der Waals surface area contributed by atoms with E-state index in [2.05, 4.69) is 11.1 Å². The predicted octanol–water partition coefficient (Wildman–Crippen LogP) is 1.92. The van der Waals surface area contributed by atoms with Gasteiger partial charge in [0.25, 0.3) is 0 Å². The van der Waals surface area contributed by atoms with Crippen LogP contribution < -0.4 is 0 Å². The smallest absolute Gasteiger partial charge is 0.0812 e. The molecule has 0 aliphatic heterocycles. The van der Waals surface area contributed by atoms with Crippen LogP contribution in [0.15, 0.2) is 29.8 Å². The van der Waals surface area contributed by atoms with E-state index in [0.717, 1.165) is 5.52 Å². The second-order valence-electron chi connectivity index (χ2n) is 1.82. The van der Waals surface area contributed by atoms with E-state index >= 15 is 0 Å². The molecule has 0 aliphatic rings. The Morgan fingerprint density at radius 1 is 1.20 bits per heavy atom. The average Bonchev–Trinajstić information content (AvgIpc) is 2.33. The van der Waals surface area contributed by atoms with Crippen molar-refractivity contribution in [2.24, 2.45) is 0 Å². The van der Waals surface area contributed by atoms with Crippen molar-refractivity contribution >= 4 is 79.7 Å². The van der Waals surface area contributed by atoms with Gasteiger partial charge in [-0.1, -0.05) is 12.1 Å². The van der Waals surface area contributed by atoms with E-state index in [1.807, 2.05) is 23.7 Å². The van der Waals surface area contributed by atoms with Gasteiger partial charge in [0, 0.05) is 58.2 Å². The van der Waals surface area contributed by atoms with Crippen LogP contribution in [0.5, 0.6) is 0 Å². The Kier molecular flexibility index (Phi) is 3.67. The minimum Gasteiger partial charge on any atom is -0.245 e. The SMILES string of the molecule is [Rb].c1ccc2scnc2c1. The van der Waals surface area contributed by atoms with Gasteiger partial charge in [-0.3, -0.25) is 0 Å². The second kappa shape index (κ2) is 4.07. The van der Waals surface area contributed by atoms with Crippen molar-refractivity contribution in [1.29, 1.82) is 0 Å². The molecule has 0 aliphatic carbocycles. The maximum absolute atomic E-state index is 4.14. The fraction of sp³-hybridized carbons (Fsp3) is 0. The number of thiazole rings is 1. The summed E-state index contributed by atoms with van der Waals surface area (Å²) in [5.41, 5.74) is 2.97. The maximum atomic E-state index is 4.14. The van der Waals surface area contributed by atoms with Crippen LogP contribution in [0.25, 0.3) is 10.2 Å². The van der Waals surface area contributed by atoms with Crippen LogP contribution >= 0.6 is 11.3 Å². The standard InChI is InChI=1S/C7H5NS.Rb/c1-2-4-7-6(3-1)8-5-9-7;/h1-5H;. The first kappa shape index (κ1) is 9.01. The largest absolute Gasteiger partial charge is 0.245 e. The number of aromatic nitrogens is 1. The van der Waals surface area contributed by atoms with Crippen molar-refractivity contribution in [2.75, 3.05) is 0 Å². The number of nitrogens with zero attached hydrogens (tertiary/aromatic N) is 1. The molecular formula is C7H5NRbS. The molecule has 0 atom stereocenters. The van der Waals surface area contributed by atoms with Gasteiger partial charge in [0.2, 0.25) is 0 Å². The van der Waals surface area contributed by atoms with Gasteiger partial charge in [0.1, 0.15) is 0 Å². The first-order valence-electron chi connectivity index (χ1n) is 2.75. The van der Waals surface area contributed by atoms with Gasteiger partial charge in [0.05, 0.1) is 15.7 Å². The summed E-state index contributed by atoms with van der Waals surface area (Å²) in [5.74, 6) is 0. The van der Waals surface area contributed by atoms with Crippen molar-refractivity contribution in [2.45, 2.75) is 0 Å². The Morgan fingerprint density at radius 2 is 2.00 bits per heavy atom. The maximum Gasteiger partial charge on any atom is 0.0812 e.